The number of methoxy groups -OCH3 is 1. The van der Waals surface area contributed by atoms with Gasteiger partial charge < -0.3 is 9.47 Å². The van der Waals surface area contributed by atoms with Gasteiger partial charge >= 0.3 is 0 Å². The van der Waals surface area contributed by atoms with Crippen LogP contribution in [0.2, 0.25) is 0 Å². The molecule has 0 amide bonds. The standard InChI is InChI=1S/C25H38O2/c1-7-9-18(8-2)11-12-19-15-22(26-6)24-20-14-17(3)10-13-21(20)25(4,5)27-23(24)16-19/h15-16,18,20-21H,3,7-14H2,1-2,4-6H3/t18?,20-,21-/m1/s1. The summed E-state index contributed by atoms with van der Waals surface area (Å²) in [6, 6.07) is 4.57. The van der Waals surface area contributed by atoms with E-state index in [0.29, 0.717) is 11.8 Å². The van der Waals surface area contributed by atoms with E-state index in [0.717, 1.165) is 43.1 Å². The number of hydrogen-bond acceptors (Lipinski definition) is 2. The lowest BCUT2D eigenvalue weighted by Crippen LogP contribution is -2.46. The molecule has 0 N–H and O–H groups in total. The first-order valence-corrected chi connectivity index (χ1v) is 11.0. The number of benzene rings is 1. The molecule has 1 aromatic carbocycles. The Bertz CT molecular complexity index is 673. The van der Waals surface area contributed by atoms with Crippen LogP contribution in [-0.2, 0) is 6.42 Å². The highest BCUT2D eigenvalue weighted by Crippen LogP contribution is 2.55. The molecule has 1 aliphatic carbocycles. The van der Waals surface area contributed by atoms with E-state index in [1.807, 2.05) is 0 Å². The Hall–Kier alpha value is -1.44. The van der Waals surface area contributed by atoms with E-state index >= 15 is 0 Å². The highest BCUT2D eigenvalue weighted by atomic mass is 16.5. The quantitative estimate of drug-likeness (QED) is 0.478. The van der Waals surface area contributed by atoms with Crippen molar-refractivity contribution >= 4 is 0 Å². The fourth-order valence-electron chi connectivity index (χ4n) is 5.36. The van der Waals surface area contributed by atoms with Gasteiger partial charge in [-0.2, -0.15) is 0 Å². The van der Waals surface area contributed by atoms with Crippen LogP contribution in [0.5, 0.6) is 11.5 Å². The normalized spacial score (nSPS) is 24.6. The second kappa shape index (κ2) is 8.29. The molecule has 2 heteroatoms. The molecule has 1 aromatic rings. The average Bonchev–Trinajstić information content (AvgIpc) is 2.63. The molecule has 0 bridgehead atoms. The summed E-state index contributed by atoms with van der Waals surface area (Å²) in [7, 11) is 1.80. The Morgan fingerprint density at radius 2 is 2.04 bits per heavy atom. The van der Waals surface area contributed by atoms with Gasteiger partial charge in [-0.3, -0.25) is 0 Å². The molecule has 1 saturated carbocycles. The molecular weight excluding hydrogens is 332 g/mol. The van der Waals surface area contributed by atoms with Gasteiger partial charge in [0.15, 0.2) is 0 Å². The predicted molar refractivity (Wildman–Crippen MR) is 114 cm³/mol. The van der Waals surface area contributed by atoms with Crippen LogP contribution in [0.3, 0.4) is 0 Å². The Morgan fingerprint density at radius 1 is 1.26 bits per heavy atom. The van der Waals surface area contributed by atoms with Crippen molar-refractivity contribution in [1.82, 2.24) is 0 Å². The number of aryl methyl sites for hydroxylation is 1. The van der Waals surface area contributed by atoms with E-state index < -0.39 is 0 Å². The number of ether oxygens (including phenoxy) is 2. The zero-order valence-electron chi connectivity index (χ0n) is 18.1. The van der Waals surface area contributed by atoms with Crippen molar-refractivity contribution in [3.05, 3.63) is 35.4 Å². The lowest BCUT2D eigenvalue weighted by molar-refractivity contribution is -0.000889. The van der Waals surface area contributed by atoms with Gasteiger partial charge in [-0.05, 0) is 69.6 Å². The molecule has 150 valence electrons. The van der Waals surface area contributed by atoms with E-state index in [1.165, 1.54) is 42.4 Å². The van der Waals surface area contributed by atoms with Gasteiger partial charge in [-0.15, -0.1) is 0 Å². The first-order valence-electron chi connectivity index (χ1n) is 11.0. The van der Waals surface area contributed by atoms with Crippen molar-refractivity contribution in [1.29, 1.82) is 0 Å². The number of fused-ring (bicyclic) bond motifs is 3. The summed E-state index contributed by atoms with van der Waals surface area (Å²) in [5.41, 5.74) is 3.88. The van der Waals surface area contributed by atoms with E-state index in [2.05, 4.69) is 46.4 Å². The lowest BCUT2D eigenvalue weighted by Gasteiger charge is -2.48. The van der Waals surface area contributed by atoms with Crippen LogP contribution in [0.4, 0.5) is 0 Å². The van der Waals surface area contributed by atoms with Crippen molar-refractivity contribution in [2.75, 3.05) is 7.11 Å². The second-order valence-electron chi connectivity index (χ2n) is 9.22. The Balaban J connectivity index is 1.91. The molecule has 1 unspecified atom stereocenters. The third-order valence-corrected chi connectivity index (χ3v) is 6.94. The molecule has 3 rings (SSSR count). The van der Waals surface area contributed by atoms with Crippen LogP contribution in [0.1, 0.15) is 89.7 Å². The lowest BCUT2D eigenvalue weighted by atomic mass is 9.65. The summed E-state index contributed by atoms with van der Waals surface area (Å²) in [6.07, 6.45) is 9.57. The van der Waals surface area contributed by atoms with Gasteiger partial charge in [0.25, 0.3) is 0 Å². The largest absolute Gasteiger partial charge is 0.496 e. The van der Waals surface area contributed by atoms with E-state index in [-0.39, 0.29) is 5.60 Å². The average molecular weight is 371 g/mol. The van der Waals surface area contributed by atoms with Gasteiger partial charge in [0.05, 0.1) is 7.11 Å². The van der Waals surface area contributed by atoms with Crippen LogP contribution >= 0.6 is 0 Å². The van der Waals surface area contributed by atoms with Gasteiger partial charge in [0, 0.05) is 17.4 Å². The van der Waals surface area contributed by atoms with Crippen molar-refractivity contribution < 1.29 is 9.47 Å². The highest BCUT2D eigenvalue weighted by molar-refractivity contribution is 5.53. The molecule has 0 radical (unpaired) electrons. The predicted octanol–water partition coefficient (Wildman–Crippen LogP) is 7.07. The van der Waals surface area contributed by atoms with Crippen LogP contribution in [-0.4, -0.2) is 12.7 Å². The third kappa shape index (κ3) is 4.20. The molecule has 27 heavy (non-hydrogen) atoms. The van der Waals surface area contributed by atoms with E-state index in [9.17, 15) is 0 Å². The van der Waals surface area contributed by atoms with Gasteiger partial charge in [0.2, 0.25) is 0 Å². The summed E-state index contributed by atoms with van der Waals surface area (Å²) < 4.78 is 12.5. The Morgan fingerprint density at radius 3 is 2.70 bits per heavy atom. The van der Waals surface area contributed by atoms with Crippen LogP contribution in [0.15, 0.2) is 24.3 Å². The molecule has 2 nitrogen and oxygen atoms in total. The minimum absolute atomic E-state index is 0.129. The number of hydrogen-bond donors (Lipinski definition) is 0. The fourth-order valence-corrected chi connectivity index (χ4v) is 5.36. The first-order chi connectivity index (χ1) is 12.9. The minimum Gasteiger partial charge on any atom is -0.496 e. The van der Waals surface area contributed by atoms with Crippen molar-refractivity contribution in [3.63, 3.8) is 0 Å². The molecule has 1 aliphatic heterocycles. The molecule has 3 atom stereocenters. The molecule has 0 aromatic heterocycles. The van der Waals surface area contributed by atoms with Crippen molar-refractivity contribution in [2.24, 2.45) is 11.8 Å². The SMILES string of the molecule is C=C1CC[C@@H]2[C@@H](C1)c1c(OC)cc(CCC(CC)CCC)cc1OC2(C)C. The molecule has 1 heterocycles. The third-order valence-electron chi connectivity index (χ3n) is 6.94. The molecule has 1 fully saturated rings. The van der Waals surface area contributed by atoms with Gasteiger partial charge in [0.1, 0.15) is 17.1 Å². The van der Waals surface area contributed by atoms with Crippen LogP contribution in [0, 0.1) is 11.8 Å². The first kappa shape index (κ1) is 20.3. The maximum atomic E-state index is 6.58. The van der Waals surface area contributed by atoms with Crippen LogP contribution in [0.25, 0.3) is 0 Å². The number of allylic oxidation sites excluding steroid dienone is 1. The van der Waals surface area contributed by atoms with Crippen molar-refractivity contribution in [3.8, 4) is 11.5 Å². The number of rotatable bonds is 7. The zero-order valence-corrected chi connectivity index (χ0v) is 18.1. The summed E-state index contributed by atoms with van der Waals surface area (Å²) in [5.74, 6) is 3.89. The summed E-state index contributed by atoms with van der Waals surface area (Å²) in [6.45, 7) is 13.4. The Kier molecular flexibility index (Phi) is 6.23. The molecular formula is C25H38O2. The Labute approximate surface area is 166 Å². The van der Waals surface area contributed by atoms with Crippen molar-refractivity contribution in [2.45, 2.75) is 90.6 Å². The fraction of sp³-hybridized carbons (Fsp3) is 0.680. The maximum Gasteiger partial charge on any atom is 0.127 e. The van der Waals surface area contributed by atoms with Crippen LogP contribution < -0.4 is 9.47 Å². The molecule has 0 spiro atoms. The monoisotopic (exact) mass is 370 g/mol. The minimum atomic E-state index is -0.129. The maximum absolute atomic E-state index is 6.58. The molecule has 0 saturated heterocycles. The molecule has 2 aliphatic rings. The second-order valence-corrected chi connectivity index (χ2v) is 9.22. The summed E-state index contributed by atoms with van der Waals surface area (Å²) >= 11 is 0. The summed E-state index contributed by atoms with van der Waals surface area (Å²) in [5, 5.41) is 0. The van der Waals surface area contributed by atoms with E-state index in [4.69, 9.17) is 9.47 Å². The zero-order chi connectivity index (χ0) is 19.6. The van der Waals surface area contributed by atoms with E-state index in [1.54, 1.807) is 7.11 Å². The highest BCUT2D eigenvalue weighted by Gasteiger charge is 2.46. The van der Waals surface area contributed by atoms with Gasteiger partial charge in [-0.25, -0.2) is 0 Å². The summed E-state index contributed by atoms with van der Waals surface area (Å²) in [4.78, 5) is 0. The smallest absolute Gasteiger partial charge is 0.127 e. The topological polar surface area (TPSA) is 18.5 Å². The van der Waals surface area contributed by atoms with Gasteiger partial charge in [-0.1, -0.05) is 45.3 Å².